The molecule has 0 saturated heterocycles. The Morgan fingerprint density at radius 2 is 1.88 bits per heavy atom. The number of quaternary nitrogens is 1. The fourth-order valence-electron chi connectivity index (χ4n) is 2.87. The van der Waals surface area contributed by atoms with Crippen LogP contribution in [-0.4, -0.2) is 22.4 Å². The van der Waals surface area contributed by atoms with Crippen molar-refractivity contribution >= 4 is 11.3 Å². The topological polar surface area (TPSA) is 69.4 Å². The number of aryl methyl sites for hydroxylation is 1. The first-order valence-corrected chi connectivity index (χ1v) is 9.27. The van der Waals surface area contributed by atoms with Crippen molar-refractivity contribution in [3.05, 3.63) is 64.4 Å². The molecule has 0 saturated carbocycles. The third kappa shape index (κ3) is 3.44. The number of nitrogens with one attached hydrogen (secondary N) is 1. The Morgan fingerprint density at radius 1 is 1.04 bits per heavy atom. The van der Waals surface area contributed by atoms with E-state index in [1.165, 1.54) is 9.78 Å². The number of aromatic nitrogens is 3. The standard InChI is InChI=1S/C19H18N4O2S/c1-13-17(18(22-25-13)14-7-4-3-5-8-14)19-21-20-16(24-19)12-23(2)11-15-9-6-10-26-15/h3-10H,11-12H2,1-2H3/p+1. The monoisotopic (exact) mass is 367 g/mol. The molecule has 0 fully saturated rings. The van der Waals surface area contributed by atoms with E-state index in [4.69, 9.17) is 8.94 Å². The first-order valence-electron chi connectivity index (χ1n) is 8.39. The van der Waals surface area contributed by atoms with E-state index in [1.807, 2.05) is 37.3 Å². The number of benzene rings is 1. The van der Waals surface area contributed by atoms with Gasteiger partial charge in [-0.25, -0.2) is 0 Å². The van der Waals surface area contributed by atoms with Gasteiger partial charge in [0.1, 0.15) is 23.6 Å². The third-order valence-corrected chi connectivity index (χ3v) is 4.98. The Balaban J connectivity index is 1.56. The van der Waals surface area contributed by atoms with Crippen LogP contribution in [0.25, 0.3) is 22.7 Å². The maximum Gasteiger partial charge on any atom is 0.271 e. The fraction of sp³-hybridized carbons (Fsp3) is 0.211. The van der Waals surface area contributed by atoms with Crippen LogP contribution in [0.3, 0.4) is 0 Å². The SMILES string of the molecule is Cc1onc(-c2ccccc2)c1-c1nnc(C[NH+](C)Cc2cccs2)o1. The van der Waals surface area contributed by atoms with Crippen LogP contribution in [0.4, 0.5) is 0 Å². The molecule has 0 radical (unpaired) electrons. The molecule has 1 aromatic carbocycles. The minimum atomic E-state index is 0.446. The van der Waals surface area contributed by atoms with Gasteiger partial charge in [-0.15, -0.1) is 21.5 Å². The zero-order valence-corrected chi connectivity index (χ0v) is 15.4. The number of rotatable bonds is 6. The van der Waals surface area contributed by atoms with Crippen molar-refractivity contribution in [1.82, 2.24) is 15.4 Å². The van der Waals surface area contributed by atoms with Crippen LogP contribution in [-0.2, 0) is 13.1 Å². The number of thiophene rings is 1. The van der Waals surface area contributed by atoms with Gasteiger partial charge in [-0.2, -0.15) is 0 Å². The Labute approximate surface area is 155 Å². The van der Waals surface area contributed by atoms with Gasteiger partial charge in [-0.3, -0.25) is 0 Å². The van der Waals surface area contributed by atoms with Gasteiger partial charge in [0.05, 0.1) is 11.9 Å². The maximum atomic E-state index is 5.92. The highest BCUT2D eigenvalue weighted by molar-refractivity contribution is 7.09. The summed E-state index contributed by atoms with van der Waals surface area (Å²) in [7, 11) is 2.11. The fourth-order valence-corrected chi connectivity index (χ4v) is 3.69. The van der Waals surface area contributed by atoms with Crippen LogP contribution in [0.15, 0.2) is 56.8 Å². The molecule has 1 atom stereocenters. The van der Waals surface area contributed by atoms with Crippen molar-refractivity contribution < 1.29 is 13.8 Å². The average molecular weight is 367 g/mol. The largest absolute Gasteiger partial charge is 0.415 e. The summed E-state index contributed by atoms with van der Waals surface area (Å²) in [5, 5.41) is 14.7. The molecule has 26 heavy (non-hydrogen) atoms. The van der Waals surface area contributed by atoms with Gasteiger partial charge in [-0.05, 0) is 18.4 Å². The van der Waals surface area contributed by atoms with Crippen molar-refractivity contribution in [2.75, 3.05) is 7.05 Å². The minimum absolute atomic E-state index is 0.446. The Hall–Kier alpha value is -2.77. The molecule has 0 bridgehead atoms. The van der Waals surface area contributed by atoms with E-state index in [0.717, 1.165) is 23.4 Å². The van der Waals surface area contributed by atoms with Gasteiger partial charge in [0.25, 0.3) is 11.8 Å². The molecule has 1 N–H and O–H groups in total. The van der Waals surface area contributed by atoms with Crippen molar-refractivity contribution in [3.63, 3.8) is 0 Å². The predicted octanol–water partition coefficient (Wildman–Crippen LogP) is 2.98. The van der Waals surface area contributed by atoms with Gasteiger partial charge in [-0.1, -0.05) is 41.6 Å². The molecule has 0 aliphatic heterocycles. The Kier molecular flexibility index (Phi) is 4.64. The molecule has 0 amide bonds. The lowest BCUT2D eigenvalue weighted by atomic mass is 10.1. The molecule has 0 spiro atoms. The summed E-state index contributed by atoms with van der Waals surface area (Å²) < 4.78 is 11.3. The molecule has 4 aromatic rings. The first-order chi connectivity index (χ1) is 12.7. The summed E-state index contributed by atoms with van der Waals surface area (Å²) in [6.07, 6.45) is 0. The molecule has 3 heterocycles. The Bertz CT molecular complexity index is 976. The van der Waals surface area contributed by atoms with E-state index in [0.29, 0.717) is 24.1 Å². The predicted molar refractivity (Wildman–Crippen MR) is 98.6 cm³/mol. The zero-order chi connectivity index (χ0) is 17.9. The molecule has 6 nitrogen and oxygen atoms in total. The van der Waals surface area contributed by atoms with E-state index in [-0.39, 0.29) is 0 Å². The smallest absolute Gasteiger partial charge is 0.271 e. The van der Waals surface area contributed by atoms with Crippen molar-refractivity contribution in [3.8, 4) is 22.7 Å². The van der Waals surface area contributed by atoms with Crippen LogP contribution in [0, 0.1) is 6.92 Å². The lowest BCUT2D eigenvalue weighted by molar-refractivity contribution is -0.908. The molecular weight excluding hydrogens is 348 g/mol. The zero-order valence-electron chi connectivity index (χ0n) is 14.6. The molecule has 3 aromatic heterocycles. The van der Waals surface area contributed by atoms with Gasteiger partial charge in [0, 0.05) is 5.56 Å². The maximum absolute atomic E-state index is 5.92. The highest BCUT2D eigenvalue weighted by atomic mass is 32.1. The second kappa shape index (κ2) is 7.23. The van der Waals surface area contributed by atoms with E-state index >= 15 is 0 Å². The summed E-state index contributed by atoms with van der Waals surface area (Å²) in [5.41, 5.74) is 2.43. The first kappa shape index (κ1) is 16.7. The summed E-state index contributed by atoms with van der Waals surface area (Å²) in [6, 6.07) is 14.1. The second-order valence-corrected chi connectivity index (χ2v) is 7.25. The van der Waals surface area contributed by atoms with Crippen LogP contribution in [0.2, 0.25) is 0 Å². The van der Waals surface area contributed by atoms with E-state index in [2.05, 4.69) is 39.9 Å². The summed E-state index contributed by atoms with van der Waals surface area (Å²) in [5.74, 6) is 1.72. The van der Waals surface area contributed by atoms with Crippen molar-refractivity contribution in [2.45, 2.75) is 20.0 Å². The number of nitrogens with zero attached hydrogens (tertiary/aromatic N) is 3. The van der Waals surface area contributed by atoms with Gasteiger partial charge in [0.2, 0.25) is 0 Å². The lowest BCUT2D eigenvalue weighted by Crippen LogP contribution is -3.06. The third-order valence-electron chi connectivity index (χ3n) is 4.10. The lowest BCUT2D eigenvalue weighted by Gasteiger charge is -2.09. The van der Waals surface area contributed by atoms with E-state index in [1.54, 1.807) is 11.3 Å². The quantitative estimate of drug-likeness (QED) is 0.567. The van der Waals surface area contributed by atoms with Gasteiger partial charge >= 0.3 is 0 Å². The molecule has 1 unspecified atom stereocenters. The minimum Gasteiger partial charge on any atom is -0.415 e. The summed E-state index contributed by atoms with van der Waals surface area (Å²) in [6.45, 7) is 3.44. The average Bonchev–Trinajstić information content (AvgIpc) is 3.37. The second-order valence-electron chi connectivity index (χ2n) is 6.22. The van der Waals surface area contributed by atoms with Crippen LogP contribution >= 0.6 is 11.3 Å². The highest BCUT2D eigenvalue weighted by Crippen LogP contribution is 2.33. The highest BCUT2D eigenvalue weighted by Gasteiger charge is 2.22. The number of hydrogen-bond donors (Lipinski definition) is 1. The van der Waals surface area contributed by atoms with Gasteiger partial charge in [0.15, 0.2) is 6.54 Å². The molecule has 0 aliphatic carbocycles. The van der Waals surface area contributed by atoms with Gasteiger partial charge < -0.3 is 13.8 Å². The Morgan fingerprint density at radius 3 is 2.65 bits per heavy atom. The molecule has 132 valence electrons. The van der Waals surface area contributed by atoms with Crippen LogP contribution in [0.1, 0.15) is 16.5 Å². The molecule has 4 rings (SSSR count). The van der Waals surface area contributed by atoms with E-state index in [9.17, 15) is 0 Å². The normalized spacial score (nSPS) is 12.4. The summed E-state index contributed by atoms with van der Waals surface area (Å²) in [4.78, 5) is 2.62. The summed E-state index contributed by atoms with van der Waals surface area (Å²) >= 11 is 1.76. The molecule has 0 aliphatic rings. The van der Waals surface area contributed by atoms with Crippen molar-refractivity contribution in [2.24, 2.45) is 0 Å². The molecule has 7 heteroatoms. The van der Waals surface area contributed by atoms with E-state index < -0.39 is 0 Å². The number of hydrogen-bond acceptors (Lipinski definition) is 6. The van der Waals surface area contributed by atoms with Crippen molar-refractivity contribution in [1.29, 1.82) is 0 Å². The van der Waals surface area contributed by atoms with Crippen LogP contribution < -0.4 is 4.90 Å². The van der Waals surface area contributed by atoms with Crippen LogP contribution in [0.5, 0.6) is 0 Å². The molecular formula is C19H19N4O2S+.